The fraction of sp³-hybridized carbons (Fsp3) is 0.438. The Morgan fingerprint density at radius 2 is 1.82 bits per heavy atom. The van der Waals surface area contributed by atoms with Crippen molar-refractivity contribution in [3.63, 3.8) is 0 Å². The third-order valence-corrected chi connectivity index (χ3v) is 3.73. The summed E-state index contributed by atoms with van der Waals surface area (Å²) in [6, 6.07) is 7.30. The number of amides is 1. The second-order valence-electron chi connectivity index (χ2n) is 5.51. The van der Waals surface area contributed by atoms with E-state index in [1.165, 1.54) is 24.3 Å². The van der Waals surface area contributed by atoms with E-state index in [0.717, 1.165) is 25.9 Å². The molecule has 1 N–H and O–H groups in total. The second-order valence-corrected chi connectivity index (χ2v) is 5.51. The summed E-state index contributed by atoms with van der Waals surface area (Å²) < 4.78 is 39.4. The number of piperidine rings is 1. The summed E-state index contributed by atoms with van der Waals surface area (Å²) in [6.07, 6.45) is -2.40. The van der Waals surface area contributed by atoms with Gasteiger partial charge >= 0.3 is 6.18 Å². The van der Waals surface area contributed by atoms with Gasteiger partial charge in [0.1, 0.15) is 0 Å². The average Bonchev–Trinajstić information content (AvgIpc) is 2.47. The highest BCUT2D eigenvalue weighted by Gasteiger charge is 2.35. The lowest BCUT2D eigenvalue weighted by atomic mass is 10.0. The number of allylic oxidation sites excluding steroid dienone is 1. The summed E-state index contributed by atoms with van der Waals surface area (Å²) in [5.41, 5.74) is -0.924. The number of carbonyl (C=O) groups is 1. The van der Waals surface area contributed by atoms with Crippen molar-refractivity contribution in [2.24, 2.45) is 0 Å². The average molecular weight is 312 g/mol. The summed E-state index contributed by atoms with van der Waals surface area (Å²) in [4.78, 5) is 14.1. The molecule has 0 atom stereocenters. The zero-order valence-electron chi connectivity index (χ0n) is 12.4. The Kier molecular flexibility index (Phi) is 5.24. The van der Waals surface area contributed by atoms with Crippen LogP contribution in [0.25, 0.3) is 5.57 Å². The third-order valence-electron chi connectivity index (χ3n) is 3.73. The molecule has 0 aliphatic carbocycles. The van der Waals surface area contributed by atoms with Gasteiger partial charge in [-0.15, -0.1) is 0 Å². The molecular formula is C16H19F3N2O. The highest BCUT2D eigenvalue weighted by atomic mass is 19.4. The third kappa shape index (κ3) is 4.59. The topological polar surface area (TPSA) is 32.3 Å². The molecule has 0 radical (unpaired) electrons. The normalized spacial score (nSPS) is 18.3. The number of rotatable bonds is 3. The van der Waals surface area contributed by atoms with Crippen molar-refractivity contribution in [2.75, 3.05) is 20.1 Å². The fourth-order valence-electron chi connectivity index (χ4n) is 2.47. The number of hydrogen-bond acceptors (Lipinski definition) is 2. The number of carbonyl (C=O) groups excluding carboxylic acids is 1. The maximum atomic E-state index is 13.1. The number of alkyl halides is 3. The second kappa shape index (κ2) is 6.96. The SMILES string of the molecule is CN1CCC(NC(=O)C=C(c2ccccc2)C(F)(F)F)CC1. The van der Waals surface area contributed by atoms with Crippen LogP contribution in [0, 0.1) is 0 Å². The highest BCUT2D eigenvalue weighted by molar-refractivity contribution is 5.96. The molecule has 0 spiro atoms. The molecule has 1 saturated heterocycles. The van der Waals surface area contributed by atoms with E-state index in [9.17, 15) is 18.0 Å². The van der Waals surface area contributed by atoms with Gasteiger partial charge in [-0.3, -0.25) is 4.79 Å². The maximum absolute atomic E-state index is 13.1. The quantitative estimate of drug-likeness (QED) is 0.871. The summed E-state index contributed by atoms with van der Waals surface area (Å²) in [6.45, 7) is 1.67. The number of nitrogens with zero attached hydrogens (tertiary/aromatic N) is 1. The van der Waals surface area contributed by atoms with E-state index in [-0.39, 0.29) is 11.6 Å². The van der Waals surface area contributed by atoms with E-state index in [4.69, 9.17) is 0 Å². The maximum Gasteiger partial charge on any atom is 0.417 e. The molecule has 1 aromatic rings. The molecule has 1 aromatic carbocycles. The lowest BCUT2D eigenvalue weighted by Crippen LogP contribution is -2.43. The van der Waals surface area contributed by atoms with Gasteiger partial charge in [-0.25, -0.2) is 0 Å². The van der Waals surface area contributed by atoms with Crippen LogP contribution in [0.1, 0.15) is 18.4 Å². The molecule has 0 saturated carbocycles. The van der Waals surface area contributed by atoms with Crippen LogP contribution in [0.15, 0.2) is 36.4 Å². The predicted octanol–water partition coefficient (Wildman–Crippen LogP) is 2.84. The first kappa shape index (κ1) is 16.5. The minimum Gasteiger partial charge on any atom is -0.350 e. The molecule has 1 heterocycles. The molecule has 1 amide bonds. The van der Waals surface area contributed by atoms with Crippen LogP contribution in [-0.4, -0.2) is 43.2 Å². The molecule has 1 aliphatic rings. The van der Waals surface area contributed by atoms with Crippen LogP contribution in [0.3, 0.4) is 0 Å². The zero-order chi connectivity index (χ0) is 16.2. The summed E-state index contributed by atoms with van der Waals surface area (Å²) in [5, 5.41) is 2.67. The van der Waals surface area contributed by atoms with Gasteiger partial charge in [0.15, 0.2) is 0 Å². The Morgan fingerprint density at radius 1 is 1.23 bits per heavy atom. The van der Waals surface area contributed by atoms with Gasteiger partial charge in [0, 0.05) is 12.1 Å². The van der Waals surface area contributed by atoms with Crippen molar-refractivity contribution >= 4 is 11.5 Å². The Morgan fingerprint density at radius 3 is 2.36 bits per heavy atom. The monoisotopic (exact) mass is 312 g/mol. The van der Waals surface area contributed by atoms with Crippen LogP contribution in [-0.2, 0) is 4.79 Å². The molecule has 0 aromatic heterocycles. The van der Waals surface area contributed by atoms with Gasteiger partial charge in [-0.1, -0.05) is 30.3 Å². The van der Waals surface area contributed by atoms with E-state index in [1.54, 1.807) is 6.07 Å². The van der Waals surface area contributed by atoms with E-state index < -0.39 is 17.7 Å². The number of benzene rings is 1. The van der Waals surface area contributed by atoms with Crippen molar-refractivity contribution in [3.05, 3.63) is 42.0 Å². The lowest BCUT2D eigenvalue weighted by Gasteiger charge is -2.29. The van der Waals surface area contributed by atoms with E-state index in [2.05, 4.69) is 10.2 Å². The Bertz CT molecular complexity index is 532. The molecule has 1 aliphatic heterocycles. The number of hydrogen-bond donors (Lipinski definition) is 1. The first-order valence-electron chi connectivity index (χ1n) is 7.19. The minimum atomic E-state index is -4.56. The van der Waals surface area contributed by atoms with Crippen LogP contribution in [0.5, 0.6) is 0 Å². The lowest BCUT2D eigenvalue weighted by molar-refractivity contribution is -0.117. The zero-order valence-corrected chi connectivity index (χ0v) is 12.4. The molecular weight excluding hydrogens is 293 g/mol. The predicted molar refractivity (Wildman–Crippen MR) is 79.1 cm³/mol. The van der Waals surface area contributed by atoms with Crippen LogP contribution in [0.4, 0.5) is 13.2 Å². The number of halogens is 3. The van der Waals surface area contributed by atoms with E-state index in [1.807, 2.05) is 7.05 Å². The van der Waals surface area contributed by atoms with Crippen molar-refractivity contribution in [2.45, 2.75) is 25.1 Å². The molecule has 0 unspecified atom stereocenters. The number of nitrogens with one attached hydrogen (secondary N) is 1. The largest absolute Gasteiger partial charge is 0.417 e. The molecule has 1 fully saturated rings. The first-order chi connectivity index (χ1) is 10.4. The van der Waals surface area contributed by atoms with Gasteiger partial charge in [-0.05, 0) is 38.5 Å². The molecule has 22 heavy (non-hydrogen) atoms. The van der Waals surface area contributed by atoms with Crippen molar-refractivity contribution in [1.82, 2.24) is 10.2 Å². The Balaban J connectivity index is 2.10. The molecule has 120 valence electrons. The minimum absolute atomic E-state index is 0.00599. The molecule has 2 rings (SSSR count). The van der Waals surface area contributed by atoms with E-state index in [0.29, 0.717) is 6.08 Å². The van der Waals surface area contributed by atoms with E-state index >= 15 is 0 Å². The van der Waals surface area contributed by atoms with Crippen LogP contribution >= 0.6 is 0 Å². The summed E-state index contributed by atoms with van der Waals surface area (Å²) in [5.74, 6) is -0.689. The van der Waals surface area contributed by atoms with Crippen molar-refractivity contribution in [1.29, 1.82) is 0 Å². The molecule has 0 bridgehead atoms. The number of likely N-dealkylation sites (tertiary alicyclic amines) is 1. The smallest absolute Gasteiger partial charge is 0.350 e. The van der Waals surface area contributed by atoms with Gasteiger partial charge < -0.3 is 10.2 Å². The van der Waals surface area contributed by atoms with Gasteiger partial charge in [0.2, 0.25) is 5.91 Å². The standard InChI is InChI=1S/C16H19F3N2O/c1-21-9-7-13(8-10-21)20-15(22)11-14(16(17,18)19)12-5-3-2-4-6-12/h2-6,11,13H,7-10H2,1H3,(H,20,22). The van der Waals surface area contributed by atoms with Gasteiger partial charge in [0.25, 0.3) is 0 Å². The van der Waals surface area contributed by atoms with Gasteiger partial charge in [-0.2, -0.15) is 13.2 Å². The van der Waals surface area contributed by atoms with Crippen LogP contribution in [0.2, 0.25) is 0 Å². The van der Waals surface area contributed by atoms with Crippen molar-refractivity contribution < 1.29 is 18.0 Å². The summed E-state index contributed by atoms with van der Waals surface area (Å²) >= 11 is 0. The summed E-state index contributed by atoms with van der Waals surface area (Å²) in [7, 11) is 1.98. The molecule has 3 nitrogen and oxygen atoms in total. The fourth-order valence-corrected chi connectivity index (χ4v) is 2.47. The Hall–Kier alpha value is -1.82. The first-order valence-corrected chi connectivity index (χ1v) is 7.19. The highest BCUT2D eigenvalue weighted by Crippen LogP contribution is 2.33. The Labute approximate surface area is 127 Å². The van der Waals surface area contributed by atoms with Gasteiger partial charge in [0.05, 0.1) is 5.57 Å². The van der Waals surface area contributed by atoms with Crippen LogP contribution < -0.4 is 5.32 Å². The van der Waals surface area contributed by atoms with Crippen molar-refractivity contribution in [3.8, 4) is 0 Å². The molecule has 6 heteroatoms.